The molecule has 2 aliphatic heterocycles. The normalized spacial score (nSPS) is 19.8. The molecule has 1 aliphatic carbocycles. The Balaban J connectivity index is 1.21. The number of benzene rings is 3. The van der Waals surface area contributed by atoms with E-state index in [1.807, 2.05) is 24.3 Å². The molecule has 41 heavy (non-hydrogen) atoms. The highest BCUT2D eigenvalue weighted by atomic mass is 19.1. The van der Waals surface area contributed by atoms with E-state index in [1.54, 1.807) is 6.07 Å². The van der Waals surface area contributed by atoms with E-state index in [-0.39, 0.29) is 24.1 Å². The average molecular weight is 561 g/mol. The summed E-state index contributed by atoms with van der Waals surface area (Å²) < 4.78 is 44.0. The Morgan fingerprint density at radius 1 is 1.00 bits per heavy atom. The van der Waals surface area contributed by atoms with Crippen molar-refractivity contribution in [3.63, 3.8) is 0 Å². The number of aryl methyl sites for hydroxylation is 2. The van der Waals surface area contributed by atoms with Crippen LogP contribution < -0.4 is 14.2 Å². The van der Waals surface area contributed by atoms with Gasteiger partial charge >= 0.3 is 5.97 Å². The number of rotatable bonds is 8. The quantitative estimate of drug-likeness (QED) is 0.276. The predicted octanol–water partition coefficient (Wildman–Crippen LogP) is 7.02. The molecule has 2 atom stereocenters. The molecule has 0 N–H and O–H groups in total. The predicted molar refractivity (Wildman–Crippen MR) is 153 cm³/mol. The van der Waals surface area contributed by atoms with Crippen LogP contribution in [0.5, 0.6) is 17.2 Å². The van der Waals surface area contributed by atoms with Crippen LogP contribution in [0.4, 0.5) is 4.39 Å². The van der Waals surface area contributed by atoms with Gasteiger partial charge in [0.2, 0.25) is 0 Å². The van der Waals surface area contributed by atoms with Gasteiger partial charge in [-0.05, 0) is 97.5 Å². The van der Waals surface area contributed by atoms with Gasteiger partial charge in [0, 0.05) is 36.3 Å². The molecule has 0 bridgehead atoms. The monoisotopic (exact) mass is 560 g/mol. The molecule has 0 amide bonds. The van der Waals surface area contributed by atoms with Crippen LogP contribution in [0.1, 0.15) is 65.5 Å². The number of carbonyl (C=O) groups excluding carboxylic acids is 1. The minimum Gasteiger partial charge on any atom is -0.493 e. The van der Waals surface area contributed by atoms with Crippen molar-refractivity contribution in [2.75, 3.05) is 33.5 Å². The number of ether oxygens (including phenoxy) is 5. The zero-order chi connectivity index (χ0) is 28.5. The van der Waals surface area contributed by atoms with Crippen LogP contribution in [0.15, 0.2) is 42.5 Å². The van der Waals surface area contributed by atoms with Gasteiger partial charge < -0.3 is 23.7 Å². The number of carbonyl (C=O) groups is 1. The molecule has 6 nitrogen and oxygen atoms in total. The van der Waals surface area contributed by atoms with Gasteiger partial charge in [-0.15, -0.1) is 0 Å². The standard InChI is InChI=1S/C34H37FO6/c1-20-14-25(39-18-22-10-12-38-13-11-22)15-21(2)33(20)27-6-8-29(35)34-28(27)7-9-30(34)41-24-4-5-26-23(16-32(36)37-3)19-40-31(26)17-24/h4-6,8,14-15,17,22-23,30H,7,9-13,16,18-19H2,1-3H3. The summed E-state index contributed by atoms with van der Waals surface area (Å²) in [7, 11) is 1.39. The van der Waals surface area contributed by atoms with Gasteiger partial charge in [0.15, 0.2) is 0 Å². The Bertz CT molecular complexity index is 1420. The first-order valence-corrected chi connectivity index (χ1v) is 14.5. The van der Waals surface area contributed by atoms with Gasteiger partial charge in [0.05, 0.1) is 26.7 Å². The lowest BCUT2D eigenvalue weighted by atomic mass is 9.90. The van der Waals surface area contributed by atoms with Crippen molar-refractivity contribution in [3.8, 4) is 28.4 Å². The average Bonchev–Trinajstić information content (AvgIpc) is 3.58. The second kappa shape index (κ2) is 11.7. The minimum atomic E-state index is -0.391. The first-order valence-electron chi connectivity index (χ1n) is 14.5. The first-order chi connectivity index (χ1) is 19.9. The topological polar surface area (TPSA) is 63.2 Å². The maximum Gasteiger partial charge on any atom is 0.306 e. The molecule has 0 spiro atoms. The Hall–Kier alpha value is -3.58. The summed E-state index contributed by atoms with van der Waals surface area (Å²) in [6.45, 7) is 6.94. The summed E-state index contributed by atoms with van der Waals surface area (Å²) in [5.41, 5.74) is 7.02. The van der Waals surface area contributed by atoms with Crippen LogP contribution in [0.3, 0.4) is 0 Å². The second-order valence-corrected chi connectivity index (χ2v) is 11.4. The number of esters is 1. The fourth-order valence-corrected chi connectivity index (χ4v) is 6.53. The summed E-state index contributed by atoms with van der Waals surface area (Å²) in [5, 5.41) is 0. The molecule has 6 rings (SSSR count). The fourth-order valence-electron chi connectivity index (χ4n) is 6.53. The number of hydrogen-bond acceptors (Lipinski definition) is 6. The van der Waals surface area contributed by atoms with Crippen molar-refractivity contribution in [3.05, 3.63) is 76.1 Å². The molecule has 1 saturated heterocycles. The third-order valence-corrected chi connectivity index (χ3v) is 8.67. The van der Waals surface area contributed by atoms with E-state index in [0.29, 0.717) is 42.6 Å². The fraction of sp³-hybridized carbons (Fsp3) is 0.441. The van der Waals surface area contributed by atoms with E-state index in [1.165, 1.54) is 7.11 Å². The summed E-state index contributed by atoms with van der Waals surface area (Å²) in [6, 6.07) is 13.3. The van der Waals surface area contributed by atoms with Crippen LogP contribution in [0.2, 0.25) is 0 Å². The van der Waals surface area contributed by atoms with Gasteiger partial charge in [-0.25, -0.2) is 4.39 Å². The maximum atomic E-state index is 15.3. The lowest BCUT2D eigenvalue weighted by molar-refractivity contribution is -0.141. The third kappa shape index (κ3) is 5.65. The highest BCUT2D eigenvalue weighted by Gasteiger charge is 2.32. The molecule has 2 unspecified atom stereocenters. The zero-order valence-corrected chi connectivity index (χ0v) is 24.0. The largest absolute Gasteiger partial charge is 0.493 e. The highest BCUT2D eigenvalue weighted by molar-refractivity contribution is 5.76. The summed E-state index contributed by atoms with van der Waals surface area (Å²) in [5.74, 6) is 2.20. The van der Waals surface area contributed by atoms with E-state index in [0.717, 1.165) is 71.6 Å². The molecule has 1 fully saturated rings. The maximum absolute atomic E-state index is 15.3. The van der Waals surface area contributed by atoms with E-state index in [9.17, 15) is 4.79 Å². The Labute approximate surface area is 240 Å². The molecule has 3 aliphatic rings. The SMILES string of the molecule is COC(=O)CC1COc2cc(OC3CCc4c(-c5c(C)cc(OCC6CCOCC6)cc5C)ccc(F)c43)ccc21. The van der Waals surface area contributed by atoms with Gasteiger partial charge in [0.1, 0.15) is 29.2 Å². The summed E-state index contributed by atoms with van der Waals surface area (Å²) in [4.78, 5) is 11.8. The van der Waals surface area contributed by atoms with Crippen molar-refractivity contribution in [1.29, 1.82) is 0 Å². The van der Waals surface area contributed by atoms with Crippen molar-refractivity contribution in [2.24, 2.45) is 5.92 Å². The molecular formula is C34H37FO6. The van der Waals surface area contributed by atoms with Crippen LogP contribution in [0.25, 0.3) is 11.1 Å². The third-order valence-electron chi connectivity index (χ3n) is 8.67. The molecule has 216 valence electrons. The van der Waals surface area contributed by atoms with Crippen molar-refractivity contribution < 1.29 is 32.9 Å². The Kier molecular flexibility index (Phi) is 7.89. The number of halogens is 1. The second-order valence-electron chi connectivity index (χ2n) is 11.4. The van der Waals surface area contributed by atoms with Crippen LogP contribution >= 0.6 is 0 Å². The molecule has 0 saturated carbocycles. The first kappa shape index (κ1) is 27.6. The van der Waals surface area contributed by atoms with Gasteiger partial charge in [-0.1, -0.05) is 12.1 Å². The highest BCUT2D eigenvalue weighted by Crippen LogP contribution is 2.45. The van der Waals surface area contributed by atoms with Crippen LogP contribution in [-0.4, -0.2) is 39.5 Å². The molecule has 7 heteroatoms. The Morgan fingerprint density at radius 2 is 1.78 bits per heavy atom. The van der Waals surface area contributed by atoms with E-state index < -0.39 is 6.10 Å². The van der Waals surface area contributed by atoms with Crippen molar-refractivity contribution >= 4 is 5.97 Å². The molecular weight excluding hydrogens is 523 g/mol. The molecule has 0 aromatic heterocycles. The molecule has 3 aromatic carbocycles. The van der Waals surface area contributed by atoms with E-state index in [4.69, 9.17) is 23.7 Å². The van der Waals surface area contributed by atoms with Gasteiger partial charge in [-0.2, -0.15) is 0 Å². The van der Waals surface area contributed by atoms with E-state index in [2.05, 4.69) is 26.0 Å². The van der Waals surface area contributed by atoms with E-state index >= 15 is 4.39 Å². The molecule has 3 aromatic rings. The van der Waals surface area contributed by atoms with Crippen LogP contribution in [-0.2, 0) is 20.7 Å². The smallest absolute Gasteiger partial charge is 0.306 e. The number of hydrogen-bond donors (Lipinski definition) is 0. The number of fused-ring (bicyclic) bond motifs is 2. The molecule has 2 heterocycles. The van der Waals surface area contributed by atoms with Gasteiger partial charge in [0.25, 0.3) is 0 Å². The van der Waals surface area contributed by atoms with Crippen LogP contribution in [0, 0.1) is 25.6 Å². The number of methoxy groups -OCH3 is 1. The minimum absolute atomic E-state index is 0.0381. The lowest BCUT2D eigenvalue weighted by Crippen LogP contribution is -2.21. The van der Waals surface area contributed by atoms with Crippen molar-refractivity contribution in [2.45, 2.75) is 58.0 Å². The zero-order valence-electron chi connectivity index (χ0n) is 24.0. The van der Waals surface area contributed by atoms with Crippen molar-refractivity contribution in [1.82, 2.24) is 0 Å². The Morgan fingerprint density at radius 3 is 2.54 bits per heavy atom. The summed E-state index contributed by atoms with van der Waals surface area (Å²) in [6.07, 6.45) is 3.38. The summed E-state index contributed by atoms with van der Waals surface area (Å²) >= 11 is 0. The van der Waals surface area contributed by atoms with Gasteiger partial charge in [-0.3, -0.25) is 4.79 Å². The molecule has 0 radical (unpaired) electrons. The lowest BCUT2D eigenvalue weighted by Gasteiger charge is -2.23.